The highest BCUT2D eigenvalue weighted by atomic mass is 32.2. The SMILES string of the molecule is COc1ccc(S(=O)(=O)/C(=N/Nc2ccc(C)cc2)C(C)=O)cc1. The van der Waals surface area contributed by atoms with E-state index in [0.29, 0.717) is 11.4 Å². The molecule has 2 aromatic carbocycles. The lowest BCUT2D eigenvalue weighted by molar-refractivity contribution is -0.110. The number of nitrogens with one attached hydrogen (secondary N) is 1. The largest absolute Gasteiger partial charge is 0.497 e. The van der Waals surface area contributed by atoms with Crippen molar-refractivity contribution in [3.63, 3.8) is 0 Å². The number of anilines is 1. The second-order valence-electron chi connectivity index (χ2n) is 5.13. The van der Waals surface area contributed by atoms with E-state index in [1.807, 2.05) is 19.1 Å². The molecule has 2 aromatic rings. The van der Waals surface area contributed by atoms with Gasteiger partial charge in [-0.1, -0.05) is 17.7 Å². The Kier molecular flexibility index (Phi) is 5.35. The Morgan fingerprint density at radius 3 is 2.12 bits per heavy atom. The Hall–Kier alpha value is -2.67. The van der Waals surface area contributed by atoms with Crippen molar-refractivity contribution in [1.82, 2.24) is 0 Å². The number of sulfone groups is 1. The van der Waals surface area contributed by atoms with Gasteiger partial charge in [0.2, 0.25) is 14.9 Å². The number of Topliss-reactive ketones (excluding diaryl/α,β-unsaturated/α-hetero) is 1. The van der Waals surface area contributed by atoms with Crippen LogP contribution < -0.4 is 10.2 Å². The van der Waals surface area contributed by atoms with Crippen LogP contribution in [0, 0.1) is 6.92 Å². The Morgan fingerprint density at radius 2 is 1.62 bits per heavy atom. The lowest BCUT2D eigenvalue weighted by Gasteiger charge is -2.08. The molecule has 7 heteroatoms. The molecule has 0 aliphatic carbocycles. The third-order valence-corrected chi connectivity index (χ3v) is 5.04. The summed E-state index contributed by atoms with van der Waals surface area (Å²) in [5.41, 5.74) is 4.26. The molecule has 0 spiro atoms. The molecular weight excluding hydrogens is 328 g/mol. The van der Waals surface area contributed by atoms with Crippen molar-refractivity contribution in [2.24, 2.45) is 5.10 Å². The van der Waals surface area contributed by atoms with Gasteiger partial charge in [-0.15, -0.1) is 0 Å². The average Bonchev–Trinajstić information content (AvgIpc) is 2.56. The monoisotopic (exact) mass is 346 g/mol. The number of carbonyl (C=O) groups excluding carboxylic acids is 1. The van der Waals surface area contributed by atoms with Crippen LogP contribution in [0.4, 0.5) is 5.69 Å². The summed E-state index contributed by atoms with van der Waals surface area (Å²) in [5.74, 6) is -0.126. The molecule has 2 rings (SSSR count). The van der Waals surface area contributed by atoms with E-state index in [9.17, 15) is 13.2 Å². The van der Waals surface area contributed by atoms with Crippen molar-refractivity contribution in [1.29, 1.82) is 0 Å². The summed E-state index contributed by atoms with van der Waals surface area (Å²) in [6.45, 7) is 3.10. The summed E-state index contributed by atoms with van der Waals surface area (Å²) < 4.78 is 30.2. The van der Waals surface area contributed by atoms with Gasteiger partial charge in [0.25, 0.3) is 0 Å². The molecule has 24 heavy (non-hydrogen) atoms. The topological polar surface area (TPSA) is 84.8 Å². The van der Waals surface area contributed by atoms with Crippen molar-refractivity contribution in [3.05, 3.63) is 54.1 Å². The fourth-order valence-electron chi connectivity index (χ4n) is 1.94. The van der Waals surface area contributed by atoms with Crippen molar-refractivity contribution in [2.45, 2.75) is 18.7 Å². The minimum Gasteiger partial charge on any atom is -0.497 e. The number of benzene rings is 2. The van der Waals surface area contributed by atoms with Crippen LogP contribution in [0.25, 0.3) is 0 Å². The number of carbonyl (C=O) groups is 1. The summed E-state index contributed by atoms with van der Waals surface area (Å²) in [5, 5.41) is 3.26. The Morgan fingerprint density at radius 1 is 1.04 bits per heavy atom. The maximum Gasteiger partial charge on any atom is 0.229 e. The second-order valence-corrected chi connectivity index (χ2v) is 6.99. The zero-order valence-electron chi connectivity index (χ0n) is 13.6. The molecular formula is C17H18N2O4S. The first-order valence-corrected chi connectivity index (χ1v) is 8.63. The number of hydrazone groups is 1. The normalized spacial score (nSPS) is 11.9. The molecule has 0 aromatic heterocycles. The summed E-state index contributed by atoms with van der Waals surface area (Å²) in [6, 6.07) is 13.0. The Balaban J connectivity index is 2.35. The molecule has 0 fully saturated rings. The number of methoxy groups -OCH3 is 1. The van der Waals surface area contributed by atoms with E-state index in [1.54, 1.807) is 12.1 Å². The Labute approximate surface area is 141 Å². The maximum absolute atomic E-state index is 12.6. The number of rotatable bonds is 5. The highest BCUT2D eigenvalue weighted by molar-refractivity contribution is 8.08. The highest BCUT2D eigenvalue weighted by Crippen LogP contribution is 2.18. The smallest absolute Gasteiger partial charge is 0.229 e. The van der Waals surface area contributed by atoms with Crippen LogP contribution in [-0.4, -0.2) is 26.4 Å². The summed E-state index contributed by atoms with van der Waals surface area (Å²) >= 11 is 0. The van der Waals surface area contributed by atoms with Crippen LogP contribution in [0.3, 0.4) is 0 Å². The van der Waals surface area contributed by atoms with E-state index in [1.165, 1.54) is 31.4 Å². The van der Waals surface area contributed by atoms with E-state index >= 15 is 0 Å². The van der Waals surface area contributed by atoms with Gasteiger partial charge >= 0.3 is 0 Å². The van der Waals surface area contributed by atoms with Crippen LogP contribution >= 0.6 is 0 Å². The number of hydrogen-bond donors (Lipinski definition) is 1. The fraction of sp³-hybridized carbons (Fsp3) is 0.176. The van der Waals surface area contributed by atoms with Crippen LogP contribution in [0.1, 0.15) is 12.5 Å². The lowest BCUT2D eigenvalue weighted by Crippen LogP contribution is -2.24. The quantitative estimate of drug-likeness (QED) is 0.511. The fourth-order valence-corrected chi connectivity index (χ4v) is 3.20. The maximum atomic E-state index is 12.6. The van der Waals surface area contributed by atoms with Gasteiger partial charge in [-0.2, -0.15) is 5.10 Å². The molecule has 0 heterocycles. The Bertz CT molecular complexity index is 854. The summed E-state index contributed by atoms with van der Waals surface area (Å²) in [6.07, 6.45) is 0. The molecule has 0 saturated carbocycles. The molecule has 0 aliphatic heterocycles. The van der Waals surface area contributed by atoms with Gasteiger partial charge in [0.05, 0.1) is 17.7 Å². The first kappa shape index (κ1) is 17.7. The molecule has 126 valence electrons. The van der Waals surface area contributed by atoms with Crippen LogP contribution in [-0.2, 0) is 14.6 Å². The van der Waals surface area contributed by atoms with Gasteiger partial charge in [0.1, 0.15) is 5.75 Å². The minimum absolute atomic E-state index is 0.0250. The molecule has 1 N–H and O–H groups in total. The average molecular weight is 346 g/mol. The number of hydrogen-bond acceptors (Lipinski definition) is 6. The van der Waals surface area contributed by atoms with E-state index in [0.717, 1.165) is 12.5 Å². The second kappa shape index (κ2) is 7.27. The molecule has 6 nitrogen and oxygen atoms in total. The van der Waals surface area contributed by atoms with Crippen molar-refractivity contribution < 1.29 is 17.9 Å². The molecule has 0 aliphatic rings. The number of nitrogens with zero attached hydrogens (tertiary/aromatic N) is 1. The molecule has 0 bridgehead atoms. The van der Waals surface area contributed by atoms with E-state index in [2.05, 4.69) is 10.5 Å². The predicted octanol–water partition coefficient (Wildman–Crippen LogP) is 2.79. The molecule has 0 amide bonds. The zero-order chi connectivity index (χ0) is 17.7. The minimum atomic E-state index is -4.02. The van der Waals surface area contributed by atoms with Gasteiger partial charge in [-0.25, -0.2) is 8.42 Å². The molecule has 0 atom stereocenters. The number of aryl methyl sites for hydroxylation is 1. The van der Waals surface area contributed by atoms with Crippen molar-refractivity contribution >= 4 is 26.4 Å². The first-order valence-electron chi connectivity index (χ1n) is 7.15. The van der Waals surface area contributed by atoms with Crippen molar-refractivity contribution in [2.75, 3.05) is 12.5 Å². The van der Waals surface area contributed by atoms with Crippen LogP contribution in [0.5, 0.6) is 5.75 Å². The van der Waals surface area contributed by atoms with Crippen LogP contribution in [0.2, 0.25) is 0 Å². The summed E-state index contributed by atoms with van der Waals surface area (Å²) in [7, 11) is -2.54. The first-order chi connectivity index (χ1) is 11.3. The number of ketones is 1. The highest BCUT2D eigenvalue weighted by Gasteiger charge is 2.26. The molecule has 0 saturated heterocycles. The third-order valence-electron chi connectivity index (χ3n) is 3.26. The van der Waals surface area contributed by atoms with Gasteiger partial charge in [0.15, 0.2) is 5.78 Å². The lowest BCUT2D eigenvalue weighted by atomic mass is 10.2. The third kappa shape index (κ3) is 3.99. The van der Waals surface area contributed by atoms with E-state index in [-0.39, 0.29) is 4.90 Å². The van der Waals surface area contributed by atoms with Gasteiger partial charge in [-0.05, 0) is 43.3 Å². The number of ether oxygens (including phenoxy) is 1. The standard InChI is InChI=1S/C17H18N2O4S/c1-12-4-6-14(7-5-12)18-19-17(13(2)20)24(21,22)16-10-8-15(23-3)9-11-16/h4-11,18H,1-3H3/b19-17+. The van der Waals surface area contributed by atoms with Gasteiger partial charge in [0, 0.05) is 6.92 Å². The van der Waals surface area contributed by atoms with E-state index in [4.69, 9.17) is 4.74 Å². The van der Waals surface area contributed by atoms with Crippen molar-refractivity contribution in [3.8, 4) is 5.75 Å². The molecule has 0 radical (unpaired) electrons. The van der Waals surface area contributed by atoms with Gasteiger partial charge < -0.3 is 4.74 Å². The summed E-state index contributed by atoms with van der Waals surface area (Å²) in [4.78, 5) is 11.8. The predicted molar refractivity (Wildman–Crippen MR) is 93.1 cm³/mol. The zero-order valence-corrected chi connectivity index (χ0v) is 14.4. The molecule has 0 unspecified atom stereocenters. The van der Waals surface area contributed by atoms with E-state index < -0.39 is 20.7 Å². The van der Waals surface area contributed by atoms with Crippen LogP contribution in [0.15, 0.2) is 58.5 Å². The van der Waals surface area contributed by atoms with Gasteiger partial charge in [-0.3, -0.25) is 10.2 Å².